The molecule has 0 atom stereocenters. The molecule has 1 aromatic rings. The Morgan fingerprint density at radius 2 is 2.22 bits per heavy atom. The predicted octanol–water partition coefficient (Wildman–Crippen LogP) is 0.538. The van der Waals surface area contributed by atoms with E-state index in [2.05, 4.69) is 10.3 Å². The largest absolute Gasteiger partial charge is 0.392 e. The van der Waals surface area contributed by atoms with Crippen molar-refractivity contribution in [1.29, 1.82) is 0 Å². The van der Waals surface area contributed by atoms with Crippen molar-refractivity contribution in [1.82, 2.24) is 14.9 Å². The van der Waals surface area contributed by atoms with E-state index in [9.17, 15) is 9.59 Å². The molecule has 0 radical (unpaired) electrons. The zero-order valence-electron chi connectivity index (χ0n) is 9.86. The Bertz CT molecular complexity index is 508. The van der Waals surface area contributed by atoms with Crippen LogP contribution in [0.1, 0.15) is 25.7 Å². The second-order valence-electron chi connectivity index (χ2n) is 4.43. The Morgan fingerprint density at radius 1 is 1.56 bits per heavy atom. The van der Waals surface area contributed by atoms with Gasteiger partial charge in [0.2, 0.25) is 5.91 Å². The third-order valence-corrected chi connectivity index (χ3v) is 3.36. The molecule has 0 saturated heterocycles. The van der Waals surface area contributed by atoms with Crippen molar-refractivity contribution in [2.75, 3.05) is 5.73 Å². The minimum absolute atomic E-state index is 0.0348. The zero-order chi connectivity index (χ0) is 13.1. The van der Waals surface area contributed by atoms with Crippen LogP contribution in [0.4, 0.5) is 5.69 Å². The Labute approximate surface area is 109 Å². The maximum Gasteiger partial charge on any atom is 0.278 e. The maximum absolute atomic E-state index is 11.7. The highest BCUT2D eigenvalue weighted by Crippen LogP contribution is 2.17. The van der Waals surface area contributed by atoms with E-state index in [0.717, 1.165) is 30.3 Å². The average molecular weight is 271 g/mol. The lowest BCUT2D eigenvalue weighted by Gasteiger charge is -2.12. The lowest BCUT2D eigenvalue weighted by atomic mass is 10.2. The third-order valence-electron chi connectivity index (χ3n) is 3.06. The molecule has 1 heterocycles. The summed E-state index contributed by atoms with van der Waals surface area (Å²) in [5, 5.41) is 2.85. The molecule has 1 aromatic heterocycles. The van der Waals surface area contributed by atoms with Gasteiger partial charge in [-0.25, -0.2) is 4.98 Å². The van der Waals surface area contributed by atoms with Crippen LogP contribution < -0.4 is 16.6 Å². The van der Waals surface area contributed by atoms with E-state index in [-0.39, 0.29) is 29.3 Å². The Hall–Kier alpha value is -1.56. The molecule has 0 bridgehead atoms. The standard InChI is InChI=1S/C11H15ClN4O2/c12-10-9(13)11(18)16(6-14-10)5-8(17)15-7-3-1-2-4-7/h6-7H,1-5,13H2,(H,15,17). The maximum atomic E-state index is 11.7. The van der Waals surface area contributed by atoms with E-state index < -0.39 is 5.56 Å². The quantitative estimate of drug-likeness (QED) is 0.785. The van der Waals surface area contributed by atoms with Gasteiger partial charge in [-0.05, 0) is 12.8 Å². The van der Waals surface area contributed by atoms with Crippen molar-refractivity contribution < 1.29 is 4.79 Å². The van der Waals surface area contributed by atoms with Crippen LogP contribution in [0.15, 0.2) is 11.1 Å². The summed E-state index contributed by atoms with van der Waals surface area (Å²) in [7, 11) is 0. The number of carbonyl (C=O) groups excluding carboxylic acids is 1. The molecule has 6 nitrogen and oxygen atoms in total. The van der Waals surface area contributed by atoms with Gasteiger partial charge in [0.15, 0.2) is 5.15 Å². The number of carbonyl (C=O) groups is 1. The summed E-state index contributed by atoms with van der Waals surface area (Å²) in [5.41, 5.74) is 4.84. The van der Waals surface area contributed by atoms with Crippen molar-refractivity contribution >= 4 is 23.2 Å². The minimum atomic E-state index is -0.489. The summed E-state index contributed by atoms with van der Waals surface area (Å²) in [4.78, 5) is 27.2. The molecule has 1 saturated carbocycles. The van der Waals surface area contributed by atoms with Gasteiger partial charge in [0.05, 0.1) is 6.33 Å². The van der Waals surface area contributed by atoms with Crippen LogP contribution in [0.25, 0.3) is 0 Å². The molecule has 18 heavy (non-hydrogen) atoms. The van der Waals surface area contributed by atoms with Crippen molar-refractivity contribution in [3.8, 4) is 0 Å². The van der Waals surface area contributed by atoms with Gasteiger partial charge in [-0.15, -0.1) is 0 Å². The van der Waals surface area contributed by atoms with Crippen LogP contribution in [0.2, 0.25) is 5.15 Å². The summed E-state index contributed by atoms with van der Waals surface area (Å²) >= 11 is 5.61. The number of rotatable bonds is 3. The second kappa shape index (κ2) is 5.39. The Balaban J connectivity index is 2.03. The number of aromatic nitrogens is 2. The van der Waals surface area contributed by atoms with Crippen LogP contribution in [-0.4, -0.2) is 21.5 Å². The highest BCUT2D eigenvalue weighted by Gasteiger charge is 2.17. The van der Waals surface area contributed by atoms with E-state index in [0.29, 0.717) is 0 Å². The van der Waals surface area contributed by atoms with Crippen molar-refractivity contribution in [3.05, 3.63) is 21.8 Å². The van der Waals surface area contributed by atoms with Crippen LogP contribution in [-0.2, 0) is 11.3 Å². The number of nitrogen functional groups attached to an aromatic ring is 1. The summed E-state index contributed by atoms with van der Waals surface area (Å²) in [5.74, 6) is -0.201. The number of amides is 1. The first kappa shape index (κ1) is 12.9. The number of nitrogens with two attached hydrogens (primary N) is 1. The van der Waals surface area contributed by atoms with E-state index in [1.54, 1.807) is 0 Å². The molecule has 98 valence electrons. The zero-order valence-corrected chi connectivity index (χ0v) is 10.6. The fourth-order valence-corrected chi connectivity index (χ4v) is 2.22. The van der Waals surface area contributed by atoms with Gasteiger partial charge in [0, 0.05) is 6.04 Å². The van der Waals surface area contributed by atoms with E-state index in [4.69, 9.17) is 17.3 Å². The van der Waals surface area contributed by atoms with E-state index in [1.807, 2.05) is 0 Å². The average Bonchev–Trinajstić information content (AvgIpc) is 2.83. The molecule has 1 fully saturated rings. The molecule has 0 spiro atoms. The number of halogens is 1. The summed E-state index contributed by atoms with van der Waals surface area (Å²) < 4.78 is 1.16. The van der Waals surface area contributed by atoms with Crippen LogP contribution in [0, 0.1) is 0 Å². The minimum Gasteiger partial charge on any atom is -0.392 e. The first-order valence-corrected chi connectivity index (χ1v) is 6.25. The van der Waals surface area contributed by atoms with E-state index in [1.165, 1.54) is 6.33 Å². The number of hydrogen-bond donors (Lipinski definition) is 2. The molecule has 7 heteroatoms. The Kier molecular flexibility index (Phi) is 3.86. The van der Waals surface area contributed by atoms with Crippen molar-refractivity contribution in [2.45, 2.75) is 38.3 Å². The van der Waals surface area contributed by atoms with Crippen LogP contribution in [0.3, 0.4) is 0 Å². The van der Waals surface area contributed by atoms with Crippen molar-refractivity contribution in [3.63, 3.8) is 0 Å². The molecule has 2 rings (SSSR count). The molecule has 1 aliphatic carbocycles. The second-order valence-corrected chi connectivity index (χ2v) is 4.79. The SMILES string of the molecule is Nc1c(Cl)ncn(CC(=O)NC2CCCC2)c1=O. The van der Waals surface area contributed by atoms with Crippen molar-refractivity contribution in [2.24, 2.45) is 0 Å². The van der Waals surface area contributed by atoms with Gasteiger partial charge in [-0.1, -0.05) is 24.4 Å². The molecule has 0 aromatic carbocycles. The fraction of sp³-hybridized carbons (Fsp3) is 0.545. The fourth-order valence-electron chi connectivity index (χ4n) is 2.10. The highest BCUT2D eigenvalue weighted by atomic mass is 35.5. The predicted molar refractivity (Wildman–Crippen MR) is 68.3 cm³/mol. The molecule has 3 N–H and O–H groups in total. The topological polar surface area (TPSA) is 90.0 Å². The normalized spacial score (nSPS) is 15.8. The van der Waals surface area contributed by atoms with Gasteiger partial charge in [0.25, 0.3) is 5.56 Å². The van der Waals surface area contributed by atoms with Crippen LogP contribution in [0.5, 0.6) is 0 Å². The lowest BCUT2D eigenvalue weighted by molar-refractivity contribution is -0.122. The third kappa shape index (κ3) is 2.81. The van der Waals surface area contributed by atoms with Gasteiger partial charge < -0.3 is 11.1 Å². The van der Waals surface area contributed by atoms with Gasteiger partial charge in [0.1, 0.15) is 12.2 Å². The first-order valence-electron chi connectivity index (χ1n) is 5.87. The first-order chi connectivity index (χ1) is 8.58. The molecule has 0 aliphatic heterocycles. The molecule has 0 unspecified atom stereocenters. The Morgan fingerprint density at radius 3 is 2.89 bits per heavy atom. The number of anilines is 1. The summed E-state index contributed by atoms with van der Waals surface area (Å²) in [6.45, 7) is -0.0797. The number of nitrogens with one attached hydrogen (secondary N) is 1. The number of hydrogen-bond acceptors (Lipinski definition) is 4. The summed E-state index contributed by atoms with van der Waals surface area (Å²) in [6, 6.07) is 0.228. The molecule has 1 amide bonds. The monoisotopic (exact) mass is 270 g/mol. The van der Waals surface area contributed by atoms with Gasteiger partial charge >= 0.3 is 0 Å². The molecular weight excluding hydrogens is 256 g/mol. The van der Waals surface area contributed by atoms with Gasteiger partial charge in [-0.3, -0.25) is 14.2 Å². The smallest absolute Gasteiger partial charge is 0.278 e. The van der Waals surface area contributed by atoms with Gasteiger partial charge in [-0.2, -0.15) is 0 Å². The molecule has 1 aliphatic rings. The lowest BCUT2D eigenvalue weighted by Crippen LogP contribution is -2.38. The van der Waals surface area contributed by atoms with E-state index >= 15 is 0 Å². The van der Waals surface area contributed by atoms with Crippen LogP contribution >= 0.6 is 11.6 Å². The number of nitrogens with zero attached hydrogens (tertiary/aromatic N) is 2. The molecular formula is C11H15ClN4O2. The summed E-state index contributed by atoms with van der Waals surface area (Å²) in [6.07, 6.45) is 5.51. The highest BCUT2D eigenvalue weighted by molar-refractivity contribution is 6.31.